The van der Waals surface area contributed by atoms with Gasteiger partial charge in [-0.25, -0.2) is 14.1 Å². The number of nitrogen functional groups attached to an aromatic ring is 1. The molecule has 14 heavy (non-hydrogen) atoms. The van der Waals surface area contributed by atoms with Crippen LogP contribution < -0.4 is 5.73 Å². The molecule has 2 aromatic rings. The highest BCUT2D eigenvalue weighted by Crippen LogP contribution is 2.24. The fourth-order valence-electron chi connectivity index (χ4n) is 1.06. The topological polar surface area (TPSA) is 56.7 Å². The van der Waals surface area contributed by atoms with Crippen LogP contribution in [-0.2, 0) is 0 Å². The predicted octanol–water partition coefficient (Wildman–Crippen LogP) is 1.64. The van der Waals surface area contributed by atoms with Crippen molar-refractivity contribution in [1.29, 1.82) is 0 Å². The van der Waals surface area contributed by atoms with Crippen LogP contribution in [0.3, 0.4) is 0 Å². The van der Waals surface area contributed by atoms with Crippen molar-refractivity contribution in [2.75, 3.05) is 5.73 Å². The van der Waals surface area contributed by atoms with Gasteiger partial charge < -0.3 is 5.73 Å². The molecule has 0 fully saturated rings. The summed E-state index contributed by atoms with van der Waals surface area (Å²) in [5, 5.41) is 3.97. The maximum Gasteiger partial charge on any atom is 0.150 e. The Hall–Kier alpha value is -1.62. The molecule has 0 unspecified atom stereocenters. The number of hydrogen-bond donors (Lipinski definition) is 1. The number of halogens is 2. The lowest BCUT2D eigenvalue weighted by Gasteiger charge is -2.04. The number of benzene rings is 1. The van der Waals surface area contributed by atoms with Gasteiger partial charge in [0.25, 0.3) is 0 Å². The third-order valence-electron chi connectivity index (χ3n) is 1.73. The maximum absolute atomic E-state index is 13.4. The van der Waals surface area contributed by atoms with Gasteiger partial charge in [-0.05, 0) is 12.1 Å². The average Bonchev–Trinajstić information content (AvgIpc) is 2.64. The fraction of sp³-hybridized carbons (Fsp3) is 0. The zero-order chi connectivity index (χ0) is 10.1. The van der Waals surface area contributed by atoms with Crippen molar-refractivity contribution < 1.29 is 4.39 Å². The summed E-state index contributed by atoms with van der Waals surface area (Å²) in [5.74, 6) is -0.491. The molecule has 2 N–H and O–H groups in total. The van der Waals surface area contributed by atoms with Crippen molar-refractivity contribution in [3.8, 4) is 5.69 Å². The number of anilines is 1. The summed E-state index contributed by atoms with van der Waals surface area (Å²) in [4.78, 5) is 3.70. The molecule has 1 heterocycles. The molecule has 72 valence electrons. The van der Waals surface area contributed by atoms with Gasteiger partial charge in [-0.2, -0.15) is 5.10 Å². The van der Waals surface area contributed by atoms with Crippen LogP contribution in [0.4, 0.5) is 10.1 Å². The summed E-state index contributed by atoms with van der Waals surface area (Å²) >= 11 is 5.64. The van der Waals surface area contributed by atoms with Gasteiger partial charge >= 0.3 is 0 Å². The predicted molar refractivity (Wildman–Crippen MR) is 50.7 cm³/mol. The number of rotatable bonds is 1. The molecule has 0 spiro atoms. The van der Waals surface area contributed by atoms with Gasteiger partial charge in [-0.3, -0.25) is 0 Å². The van der Waals surface area contributed by atoms with E-state index in [0.29, 0.717) is 5.69 Å². The zero-order valence-corrected chi connectivity index (χ0v) is 7.74. The molecular weight excluding hydrogens is 207 g/mol. The number of hydrogen-bond acceptors (Lipinski definition) is 3. The minimum Gasteiger partial charge on any atom is -0.397 e. The molecule has 0 saturated carbocycles. The molecule has 0 aliphatic heterocycles. The Morgan fingerprint density at radius 1 is 1.43 bits per heavy atom. The Kier molecular flexibility index (Phi) is 2.09. The van der Waals surface area contributed by atoms with E-state index in [2.05, 4.69) is 10.1 Å². The van der Waals surface area contributed by atoms with E-state index in [1.54, 1.807) is 0 Å². The molecule has 1 aromatic heterocycles. The molecule has 0 aliphatic rings. The zero-order valence-electron chi connectivity index (χ0n) is 6.98. The lowest BCUT2D eigenvalue weighted by atomic mass is 10.2. The second kappa shape index (κ2) is 3.26. The van der Waals surface area contributed by atoms with Crippen LogP contribution in [0.5, 0.6) is 0 Å². The number of nitrogens with two attached hydrogens (primary N) is 1. The lowest BCUT2D eigenvalue weighted by Crippen LogP contribution is -2.00. The first-order chi connectivity index (χ1) is 6.68. The molecular formula is C8H6ClFN4. The van der Waals surface area contributed by atoms with E-state index >= 15 is 0 Å². The van der Waals surface area contributed by atoms with Crippen molar-refractivity contribution in [2.24, 2.45) is 0 Å². The fourth-order valence-corrected chi connectivity index (χ4v) is 1.21. The molecule has 0 aliphatic carbocycles. The Morgan fingerprint density at radius 3 is 2.86 bits per heavy atom. The number of nitrogens with zero attached hydrogens (tertiary/aromatic N) is 3. The molecule has 0 saturated heterocycles. The third kappa shape index (κ3) is 1.42. The van der Waals surface area contributed by atoms with Gasteiger partial charge in [0.2, 0.25) is 0 Å². The SMILES string of the molecule is Nc1cc(-n2cncn2)c(F)cc1Cl. The van der Waals surface area contributed by atoms with Crippen LogP contribution >= 0.6 is 11.6 Å². The Balaban J connectivity index is 2.60. The molecule has 0 bridgehead atoms. The highest BCUT2D eigenvalue weighted by molar-refractivity contribution is 6.33. The maximum atomic E-state index is 13.4. The minimum atomic E-state index is -0.491. The van der Waals surface area contributed by atoms with E-state index in [4.69, 9.17) is 17.3 Å². The first kappa shape index (κ1) is 8.96. The largest absolute Gasteiger partial charge is 0.397 e. The normalized spacial score (nSPS) is 10.4. The van der Waals surface area contributed by atoms with Crippen molar-refractivity contribution >= 4 is 17.3 Å². The van der Waals surface area contributed by atoms with Crippen molar-refractivity contribution in [3.05, 3.63) is 35.6 Å². The van der Waals surface area contributed by atoms with Crippen LogP contribution in [-0.4, -0.2) is 14.8 Å². The van der Waals surface area contributed by atoms with E-state index in [9.17, 15) is 4.39 Å². The lowest BCUT2D eigenvalue weighted by molar-refractivity contribution is 0.611. The van der Waals surface area contributed by atoms with Crippen molar-refractivity contribution in [1.82, 2.24) is 14.8 Å². The standard InChI is InChI=1S/C8H6ClFN4/c9-5-1-6(10)8(2-7(5)11)14-4-12-3-13-14/h1-4H,11H2. The van der Waals surface area contributed by atoms with Gasteiger partial charge in [-0.15, -0.1) is 0 Å². The Morgan fingerprint density at radius 2 is 2.21 bits per heavy atom. The van der Waals surface area contributed by atoms with Crippen LogP contribution in [0.2, 0.25) is 5.02 Å². The van der Waals surface area contributed by atoms with E-state index < -0.39 is 5.82 Å². The average molecular weight is 213 g/mol. The van der Waals surface area contributed by atoms with E-state index in [1.807, 2.05) is 0 Å². The smallest absolute Gasteiger partial charge is 0.150 e. The van der Waals surface area contributed by atoms with Crippen molar-refractivity contribution in [3.63, 3.8) is 0 Å². The van der Waals surface area contributed by atoms with E-state index in [0.717, 1.165) is 6.07 Å². The first-order valence-corrected chi connectivity index (χ1v) is 4.16. The van der Waals surface area contributed by atoms with Crippen molar-refractivity contribution in [2.45, 2.75) is 0 Å². The molecule has 2 rings (SSSR count). The van der Waals surface area contributed by atoms with Gasteiger partial charge in [0.05, 0.1) is 10.7 Å². The summed E-state index contributed by atoms with van der Waals surface area (Å²) < 4.78 is 14.6. The van der Waals surface area contributed by atoms with Gasteiger partial charge in [0.1, 0.15) is 18.3 Å². The van der Waals surface area contributed by atoms with E-state index in [-0.39, 0.29) is 10.7 Å². The summed E-state index contributed by atoms with van der Waals surface area (Å²) in [7, 11) is 0. The highest BCUT2D eigenvalue weighted by atomic mass is 35.5. The quantitative estimate of drug-likeness (QED) is 0.732. The molecule has 6 heteroatoms. The molecule has 0 amide bonds. The second-order valence-electron chi connectivity index (χ2n) is 2.67. The van der Waals surface area contributed by atoms with Gasteiger partial charge in [0.15, 0.2) is 5.82 Å². The molecule has 0 radical (unpaired) electrons. The summed E-state index contributed by atoms with van der Waals surface area (Å²) in [6.07, 6.45) is 2.69. The Bertz CT molecular complexity index is 455. The van der Waals surface area contributed by atoms with Crippen LogP contribution in [0.1, 0.15) is 0 Å². The number of aromatic nitrogens is 3. The summed E-state index contributed by atoms with van der Waals surface area (Å²) in [6.45, 7) is 0. The monoisotopic (exact) mass is 212 g/mol. The minimum absolute atomic E-state index is 0.186. The third-order valence-corrected chi connectivity index (χ3v) is 2.06. The molecule has 0 atom stereocenters. The van der Waals surface area contributed by atoms with Crippen LogP contribution in [0.15, 0.2) is 24.8 Å². The Labute approximate surface area is 84.1 Å². The molecule has 1 aromatic carbocycles. The van der Waals surface area contributed by atoms with Gasteiger partial charge in [0, 0.05) is 0 Å². The van der Waals surface area contributed by atoms with Crippen LogP contribution in [0.25, 0.3) is 5.69 Å². The highest BCUT2D eigenvalue weighted by Gasteiger charge is 2.08. The van der Waals surface area contributed by atoms with E-state index in [1.165, 1.54) is 23.4 Å². The summed E-state index contributed by atoms with van der Waals surface area (Å²) in [5.41, 5.74) is 6.07. The van der Waals surface area contributed by atoms with Gasteiger partial charge in [-0.1, -0.05) is 11.6 Å². The molecule has 4 nitrogen and oxygen atoms in total. The second-order valence-corrected chi connectivity index (χ2v) is 3.07. The summed E-state index contributed by atoms with van der Waals surface area (Å²) in [6, 6.07) is 2.56. The van der Waals surface area contributed by atoms with Crippen LogP contribution in [0, 0.1) is 5.82 Å². The first-order valence-electron chi connectivity index (χ1n) is 3.78.